The lowest BCUT2D eigenvalue weighted by atomic mass is 10.1. The van der Waals surface area contributed by atoms with Gasteiger partial charge in [-0.1, -0.05) is 23.4 Å². The minimum Gasteiger partial charge on any atom is -0.329 e. The number of hydrogen-bond acceptors (Lipinski definition) is 6. The van der Waals surface area contributed by atoms with Crippen molar-refractivity contribution in [2.75, 3.05) is 6.26 Å². The van der Waals surface area contributed by atoms with E-state index >= 15 is 0 Å². The van der Waals surface area contributed by atoms with E-state index in [1.807, 2.05) is 0 Å². The van der Waals surface area contributed by atoms with Crippen LogP contribution in [0.5, 0.6) is 0 Å². The smallest absolute Gasteiger partial charge is 0.329 e. The van der Waals surface area contributed by atoms with Crippen LogP contribution in [0.3, 0.4) is 0 Å². The molecule has 0 aliphatic heterocycles. The Morgan fingerprint density at radius 1 is 1.15 bits per heavy atom. The van der Waals surface area contributed by atoms with E-state index < -0.39 is 27.7 Å². The van der Waals surface area contributed by atoms with E-state index in [1.54, 1.807) is 12.1 Å². The molecule has 0 radical (unpaired) electrons. The third-order valence-electron chi connectivity index (χ3n) is 3.34. The minimum atomic E-state index is -4.74. The van der Waals surface area contributed by atoms with Crippen molar-refractivity contribution in [1.29, 1.82) is 0 Å². The molecule has 3 aromatic rings. The fourth-order valence-electron chi connectivity index (χ4n) is 2.05. The molecule has 2 aromatic heterocycles. The first-order valence-corrected chi connectivity index (χ1v) is 9.28. The molecule has 0 bridgehead atoms. The molecule has 140 valence electrons. The lowest BCUT2D eigenvalue weighted by molar-refractivity contribution is -0.159. The number of amides is 1. The van der Waals surface area contributed by atoms with Crippen molar-refractivity contribution in [3.05, 3.63) is 60.1 Å². The normalized spacial score (nSPS) is 13.8. The van der Waals surface area contributed by atoms with E-state index in [1.165, 1.54) is 42.8 Å². The molecule has 3 rings (SSSR count). The number of benzene rings is 1. The summed E-state index contributed by atoms with van der Waals surface area (Å²) in [4.78, 5) is 19.4. The molecule has 2 heterocycles. The highest BCUT2D eigenvalue weighted by atomic mass is 32.2. The van der Waals surface area contributed by atoms with Crippen LogP contribution in [0.1, 0.15) is 16.2 Å². The number of nitrogens with zero attached hydrogens (tertiary/aromatic N) is 4. The second kappa shape index (κ2) is 6.91. The summed E-state index contributed by atoms with van der Waals surface area (Å²) in [6.07, 6.45) is -2.01. The van der Waals surface area contributed by atoms with E-state index in [2.05, 4.69) is 24.0 Å². The number of halogens is 3. The molecular weight excluding hydrogens is 385 g/mol. The zero-order valence-corrected chi connectivity index (χ0v) is 14.5. The fraction of sp³-hybridized carbons (Fsp3) is 0.125. The molecule has 1 amide bonds. The van der Waals surface area contributed by atoms with Crippen molar-refractivity contribution in [2.45, 2.75) is 11.2 Å². The van der Waals surface area contributed by atoms with Crippen LogP contribution in [0.2, 0.25) is 0 Å². The Bertz CT molecular complexity index is 1090. The third kappa shape index (κ3) is 4.19. The van der Waals surface area contributed by atoms with Crippen molar-refractivity contribution in [1.82, 2.24) is 15.1 Å². The molecule has 0 saturated carbocycles. The summed E-state index contributed by atoms with van der Waals surface area (Å²) in [6.45, 7) is 0. The lowest BCUT2D eigenvalue weighted by Crippen LogP contribution is -2.05. The summed E-state index contributed by atoms with van der Waals surface area (Å²) in [5.74, 6) is -2.48. The van der Waals surface area contributed by atoms with Crippen LogP contribution in [-0.2, 0) is 15.9 Å². The second-order valence-corrected chi connectivity index (χ2v) is 7.57. The number of aromatic nitrogens is 3. The average molecular weight is 396 g/mol. The summed E-state index contributed by atoms with van der Waals surface area (Å²) >= 11 is 0. The average Bonchev–Trinajstić information content (AvgIpc) is 3.13. The van der Waals surface area contributed by atoms with E-state index in [0.29, 0.717) is 0 Å². The SMILES string of the molecule is CS(=O)(=NC(=O)c1ccc(-c2noc(C(F)(F)F)n2)cc1)c1ccccn1. The Kier molecular flexibility index (Phi) is 4.79. The van der Waals surface area contributed by atoms with Gasteiger partial charge < -0.3 is 4.52 Å². The summed E-state index contributed by atoms with van der Waals surface area (Å²) in [6, 6.07) is 10.1. The van der Waals surface area contributed by atoms with Crippen LogP contribution in [0.15, 0.2) is 62.6 Å². The minimum absolute atomic E-state index is 0.101. The van der Waals surface area contributed by atoms with Crippen molar-refractivity contribution in [3.63, 3.8) is 0 Å². The molecule has 1 unspecified atom stereocenters. The summed E-state index contributed by atoms with van der Waals surface area (Å²) in [5, 5.41) is 3.43. The first-order valence-electron chi connectivity index (χ1n) is 7.36. The monoisotopic (exact) mass is 396 g/mol. The zero-order valence-electron chi connectivity index (χ0n) is 13.7. The number of carbonyl (C=O) groups is 1. The first-order chi connectivity index (χ1) is 12.7. The standard InChI is InChI=1S/C16H11F3N4O3S/c1-27(25,12-4-2-3-9-20-12)23-14(24)11-7-5-10(6-8-11)13-21-15(26-22-13)16(17,18)19/h2-9H,1H3. The molecule has 0 spiro atoms. The van der Waals surface area contributed by atoms with Gasteiger partial charge in [0.15, 0.2) is 0 Å². The maximum atomic E-state index is 12.6. The van der Waals surface area contributed by atoms with Crippen molar-refractivity contribution in [3.8, 4) is 11.4 Å². The molecular formula is C16H11F3N4O3S. The van der Waals surface area contributed by atoms with Crippen LogP contribution >= 0.6 is 0 Å². The van der Waals surface area contributed by atoms with Gasteiger partial charge in [-0.25, -0.2) is 9.19 Å². The maximum Gasteiger partial charge on any atom is 0.471 e. The largest absolute Gasteiger partial charge is 0.471 e. The molecule has 7 nitrogen and oxygen atoms in total. The molecule has 0 aliphatic carbocycles. The van der Waals surface area contributed by atoms with Gasteiger partial charge in [0.1, 0.15) is 5.03 Å². The fourth-order valence-corrected chi connectivity index (χ4v) is 3.15. The Morgan fingerprint density at radius 3 is 2.41 bits per heavy atom. The van der Waals surface area contributed by atoms with Gasteiger partial charge in [0, 0.05) is 23.6 Å². The van der Waals surface area contributed by atoms with Gasteiger partial charge in [0.25, 0.3) is 5.91 Å². The highest BCUT2D eigenvalue weighted by Crippen LogP contribution is 2.29. The number of pyridine rings is 1. The predicted octanol–water partition coefficient (Wildman–Crippen LogP) is 3.45. The van der Waals surface area contributed by atoms with Gasteiger partial charge in [-0.2, -0.15) is 22.5 Å². The summed E-state index contributed by atoms with van der Waals surface area (Å²) in [5.41, 5.74) is 0.316. The highest BCUT2D eigenvalue weighted by molar-refractivity contribution is 7.93. The first kappa shape index (κ1) is 18.7. The van der Waals surface area contributed by atoms with Crippen LogP contribution in [0.25, 0.3) is 11.4 Å². The van der Waals surface area contributed by atoms with E-state index in [-0.39, 0.29) is 22.0 Å². The number of rotatable bonds is 3. The molecule has 0 aliphatic rings. The van der Waals surface area contributed by atoms with Gasteiger partial charge in [-0.3, -0.25) is 4.79 Å². The van der Waals surface area contributed by atoms with E-state index in [0.717, 1.165) is 0 Å². The molecule has 0 N–H and O–H groups in total. The predicted molar refractivity (Wildman–Crippen MR) is 88.1 cm³/mol. The molecule has 27 heavy (non-hydrogen) atoms. The Labute approximate surface area is 151 Å². The van der Waals surface area contributed by atoms with Crippen LogP contribution in [-0.4, -0.2) is 31.5 Å². The van der Waals surface area contributed by atoms with Crippen LogP contribution in [0.4, 0.5) is 13.2 Å². The zero-order chi connectivity index (χ0) is 19.7. The summed E-state index contributed by atoms with van der Waals surface area (Å²) < 4.78 is 57.9. The summed E-state index contributed by atoms with van der Waals surface area (Å²) in [7, 11) is -3.03. The Balaban J connectivity index is 1.85. The topological polar surface area (TPSA) is 98.3 Å². The van der Waals surface area contributed by atoms with Crippen molar-refractivity contribution in [2.24, 2.45) is 4.36 Å². The van der Waals surface area contributed by atoms with Gasteiger partial charge in [-0.15, -0.1) is 0 Å². The van der Waals surface area contributed by atoms with Crippen molar-refractivity contribution < 1.29 is 26.7 Å². The van der Waals surface area contributed by atoms with Gasteiger partial charge >= 0.3 is 12.1 Å². The van der Waals surface area contributed by atoms with E-state index in [9.17, 15) is 22.2 Å². The Morgan fingerprint density at radius 2 is 1.85 bits per heavy atom. The quantitative estimate of drug-likeness (QED) is 0.673. The maximum absolute atomic E-state index is 12.6. The number of alkyl halides is 3. The Hall–Kier alpha value is -3.08. The molecule has 0 saturated heterocycles. The van der Waals surface area contributed by atoms with Gasteiger partial charge in [0.2, 0.25) is 5.82 Å². The number of hydrogen-bond donors (Lipinski definition) is 0. The second-order valence-electron chi connectivity index (χ2n) is 5.37. The molecule has 1 aromatic carbocycles. The molecule has 11 heteroatoms. The van der Waals surface area contributed by atoms with E-state index in [4.69, 9.17) is 0 Å². The lowest BCUT2D eigenvalue weighted by Gasteiger charge is -2.03. The van der Waals surface area contributed by atoms with Crippen LogP contribution in [0, 0.1) is 0 Å². The molecule has 1 atom stereocenters. The van der Waals surface area contributed by atoms with Crippen LogP contribution < -0.4 is 0 Å². The third-order valence-corrected chi connectivity index (χ3v) is 4.87. The van der Waals surface area contributed by atoms with Gasteiger partial charge in [0.05, 0.1) is 9.73 Å². The molecule has 0 fully saturated rings. The highest BCUT2D eigenvalue weighted by Gasteiger charge is 2.38. The van der Waals surface area contributed by atoms with Crippen molar-refractivity contribution >= 4 is 15.6 Å². The number of carbonyl (C=O) groups excluding carboxylic acids is 1. The van der Waals surface area contributed by atoms with Gasteiger partial charge in [-0.05, 0) is 24.3 Å².